The Bertz CT molecular complexity index is 650. The van der Waals surface area contributed by atoms with Crippen molar-refractivity contribution in [2.45, 2.75) is 44.7 Å². The molecule has 0 radical (unpaired) electrons. The van der Waals surface area contributed by atoms with Crippen LogP contribution in [-0.2, 0) is 16.1 Å². The van der Waals surface area contributed by atoms with E-state index in [1.54, 1.807) is 7.11 Å². The standard InChI is InChI=1S/C21H31N3O4/c1-27-17-9-7-16(8-10-17)15-23-21(26)24-12-4-13-28-14-11-22-20(25)18-5-2-3-6-19(18)24/h7-10,18-19H,2-6,11-15H2,1H3,(H,22,25)(H,23,26). The van der Waals surface area contributed by atoms with Crippen molar-refractivity contribution >= 4 is 11.9 Å². The number of carbonyl (C=O) groups excluding carboxylic acids is 2. The summed E-state index contributed by atoms with van der Waals surface area (Å²) in [5.41, 5.74) is 1.01. The number of benzene rings is 1. The third-order valence-electron chi connectivity index (χ3n) is 5.56. The Hall–Kier alpha value is -2.28. The molecule has 0 spiro atoms. The van der Waals surface area contributed by atoms with Crippen LogP contribution in [0.2, 0.25) is 0 Å². The zero-order valence-electron chi connectivity index (χ0n) is 16.6. The smallest absolute Gasteiger partial charge is 0.317 e. The lowest BCUT2D eigenvalue weighted by Crippen LogP contribution is -2.53. The summed E-state index contributed by atoms with van der Waals surface area (Å²) in [4.78, 5) is 27.5. The summed E-state index contributed by atoms with van der Waals surface area (Å²) in [7, 11) is 1.63. The van der Waals surface area contributed by atoms with Gasteiger partial charge in [-0.15, -0.1) is 0 Å². The molecule has 28 heavy (non-hydrogen) atoms. The summed E-state index contributed by atoms with van der Waals surface area (Å²) in [6, 6.07) is 7.48. The first-order chi connectivity index (χ1) is 13.7. The molecule has 2 fully saturated rings. The number of urea groups is 1. The Morgan fingerprint density at radius 1 is 1.21 bits per heavy atom. The van der Waals surface area contributed by atoms with Crippen molar-refractivity contribution in [1.29, 1.82) is 0 Å². The van der Waals surface area contributed by atoms with E-state index >= 15 is 0 Å². The van der Waals surface area contributed by atoms with Crippen LogP contribution in [-0.4, -0.2) is 56.3 Å². The Labute approximate surface area is 166 Å². The van der Waals surface area contributed by atoms with Crippen molar-refractivity contribution in [3.63, 3.8) is 0 Å². The van der Waals surface area contributed by atoms with Crippen LogP contribution in [0.4, 0.5) is 4.79 Å². The highest BCUT2D eigenvalue weighted by molar-refractivity contribution is 5.81. The molecule has 1 saturated heterocycles. The molecule has 1 aliphatic carbocycles. The van der Waals surface area contributed by atoms with Crippen molar-refractivity contribution in [2.75, 3.05) is 33.4 Å². The molecule has 3 amide bonds. The zero-order chi connectivity index (χ0) is 19.8. The topological polar surface area (TPSA) is 79.9 Å². The number of hydrogen-bond donors (Lipinski definition) is 2. The molecule has 7 nitrogen and oxygen atoms in total. The second-order valence-electron chi connectivity index (χ2n) is 7.42. The van der Waals surface area contributed by atoms with E-state index in [4.69, 9.17) is 9.47 Å². The molecule has 1 aromatic rings. The predicted molar refractivity (Wildman–Crippen MR) is 106 cm³/mol. The average molecular weight is 389 g/mol. The highest BCUT2D eigenvalue weighted by Crippen LogP contribution is 2.29. The van der Waals surface area contributed by atoms with E-state index in [-0.39, 0.29) is 23.9 Å². The molecule has 0 aromatic heterocycles. The Morgan fingerprint density at radius 3 is 2.79 bits per heavy atom. The first-order valence-electron chi connectivity index (χ1n) is 10.2. The summed E-state index contributed by atoms with van der Waals surface area (Å²) in [5, 5.41) is 6.00. The van der Waals surface area contributed by atoms with Gasteiger partial charge in [-0.05, 0) is 37.0 Å². The fraction of sp³-hybridized carbons (Fsp3) is 0.619. The fourth-order valence-electron chi connectivity index (χ4n) is 4.05. The van der Waals surface area contributed by atoms with Gasteiger partial charge >= 0.3 is 6.03 Å². The molecule has 2 atom stereocenters. The summed E-state index contributed by atoms with van der Waals surface area (Å²) >= 11 is 0. The number of amides is 3. The number of rotatable bonds is 3. The molecule has 7 heteroatoms. The summed E-state index contributed by atoms with van der Waals surface area (Å²) in [5.74, 6) is 0.694. The van der Waals surface area contributed by atoms with Crippen LogP contribution in [0.25, 0.3) is 0 Å². The van der Waals surface area contributed by atoms with Crippen LogP contribution in [0.15, 0.2) is 24.3 Å². The maximum Gasteiger partial charge on any atom is 0.317 e. The van der Waals surface area contributed by atoms with Gasteiger partial charge < -0.3 is 25.0 Å². The maximum atomic E-state index is 13.0. The van der Waals surface area contributed by atoms with Crippen molar-refractivity contribution in [3.8, 4) is 5.75 Å². The van der Waals surface area contributed by atoms with Crippen LogP contribution < -0.4 is 15.4 Å². The van der Waals surface area contributed by atoms with Crippen LogP contribution in [0.5, 0.6) is 5.75 Å². The minimum Gasteiger partial charge on any atom is -0.497 e. The first kappa shape index (κ1) is 20.5. The van der Waals surface area contributed by atoms with E-state index in [9.17, 15) is 9.59 Å². The van der Waals surface area contributed by atoms with Gasteiger partial charge in [-0.25, -0.2) is 4.79 Å². The fourth-order valence-corrected chi connectivity index (χ4v) is 4.05. The first-order valence-corrected chi connectivity index (χ1v) is 10.2. The second kappa shape index (κ2) is 10.3. The van der Waals surface area contributed by atoms with Crippen LogP contribution in [0.3, 0.4) is 0 Å². The third kappa shape index (κ3) is 5.38. The Balaban J connectivity index is 1.68. The van der Waals surface area contributed by atoms with Crippen LogP contribution in [0.1, 0.15) is 37.7 Å². The molecule has 154 valence electrons. The number of fused-ring (bicyclic) bond motifs is 1. The van der Waals surface area contributed by atoms with E-state index in [0.29, 0.717) is 32.8 Å². The quantitative estimate of drug-likeness (QED) is 0.831. The monoisotopic (exact) mass is 389 g/mol. The van der Waals surface area contributed by atoms with Crippen molar-refractivity contribution < 1.29 is 19.1 Å². The van der Waals surface area contributed by atoms with Gasteiger partial charge in [0.25, 0.3) is 0 Å². The van der Waals surface area contributed by atoms with Gasteiger partial charge in [-0.1, -0.05) is 25.0 Å². The van der Waals surface area contributed by atoms with Gasteiger partial charge in [0.1, 0.15) is 5.75 Å². The maximum absolute atomic E-state index is 13.0. The van der Waals surface area contributed by atoms with Gasteiger partial charge in [-0.3, -0.25) is 4.79 Å². The number of hydrogen-bond acceptors (Lipinski definition) is 4. The van der Waals surface area contributed by atoms with Gasteiger partial charge in [0.15, 0.2) is 0 Å². The number of nitrogens with one attached hydrogen (secondary N) is 2. The lowest BCUT2D eigenvalue weighted by molar-refractivity contribution is -0.128. The van der Waals surface area contributed by atoms with E-state index in [1.165, 1.54) is 0 Å². The SMILES string of the molecule is COc1ccc(CNC(=O)N2CCCOCCNC(=O)C3CCCCC32)cc1. The molecule has 0 bridgehead atoms. The minimum atomic E-state index is -0.140. The predicted octanol–water partition coefficient (Wildman–Crippen LogP) is 2.30. The van der Waals surface area contributed by atoms with E-state index in [0.717, 1.165) is 43.4 Å². The van der Waals surface area contributed by atoms with Crippen molar-refractivity contribution in [2.24, 2.45) is 5.92 Å². The van der Waals surface area contributed by atoms with Gasteiger partial charge in [0.05, 0.1) is 19.6 Å². The van der Waals surface area contributed by atoms with E-state index < -0.39 is 0 Å². The molecule has 3 rings (SSSR count). The normalized spacial score (nSPS) is 23.8. The van der Waals surface area contributed by atoms with Gasteiger partial charge in [0, 0.05) is 32.3 Å². The zero-order valence-corrected chi connectivity index (χ0v) is 16.6. The molecular formula is C21H31N3O4. The number of carbonyl (C=O) groups is 2. The molecule has 1 heterocycles. The number of nitrogens with zero attached hydrogens (tertiary/aromatic N) is 1. The lowest BCUT2D eigenvalue weighted by Gasteiger charge is -2.39. The molecular weight excluding hydrogens is 358 g/mol. The van der Waals surface area contributed by atoms with Crippen molar-refractivity contribution in [1.82, 2.24) is 15.5 Å². The third-order valence-corrected chi connectivity index (χ3v) is 5.56. The van der Waals surface area contributed by atoms with Crippen LogP contribution in [0, 0.1) is 5.92 Å². The second-order valence-corrected chi connectivity index (χ2v) is 7.42. The molecule has 2 unspecified atom stereocenters. The highest BCUT2D eigenvalue weighted by atomic mass is 16.5. The lowest BCUT2D eigenvalue weighted by atomic mass is 9.82. The molecule has 1 saturated carbocycles. The van der Waals surface area contributed by atoms with Gasteiger partial charge in [0.2, 0.25) is 5.91 Å². The molecule has 2 aliphatic rings. The van der Waals surface area contributed by atoms with Crippen LogP contribution >= 0.6 is 0 Å². The average Bonchev–Trinajstić information content (AvgIpc) is 2.77. The number of methoxy groups -OCH3 is 1. The van der Waals surface area contributed by atoms with E-state index in [2.05, 4.69) is 10.6 Å². The van der Waals surface area contributed by atoms with Crippen molar-refractivity contribution in [3.05, 3.63) is 29.8 Å². The van der Waals surface area contributed by atoms with E-state index in [1.807, 2.05) is 29.2 Å². The minimum absolute atomic E-state index is 0.0446. The molecule has 1 aromatic carbocycles. The largest absolute Gasteiger partial charge is 0.497 e. The highest BCUT2D eigenvalue weighted by Gasteiger charge is 2.37. The molecule has 1 aliphatic heterocycles. The Morgan fingerprint density at radius 2 is 2.00 bits per heavy atom. The summed E-state index contributed by atoms with van der Waals surface area (Å²) < 4.78 is 10.7. The van der Waals surface area contributed by atoms with Gasteiger partial charge in [-0.2, -0.15) is 0 Å². The summed E-state index contributed by atoms with van der Waals surface area (Å²) in [6.07, 6.45) is 4.56. The Kier molecular flexibility index (Phi) is 7.54. The number of ether oxygens (including phenoxy) is 2. The molecule has 2 N–H and O–H groups in total. The summed E-state index contributed by atoms with van der Waals surface area (Å²) in [6.45, 7) is 2.69.